The second-order valence-electron chi connectivity index (χ2n) is 5.42. The number of carbonyl (C=O) groups is 1. The topological polar surface area (TPSA) is 37.3 Å². The number of aldehydes is 1. The average Bonchev–Trinajstić information content (AvgIpc) is 2.26. The summed E-state index contributed by atoms with van der Waals surface area (Å²) >= 11 is 0. The van der Waals surface area contributed by atoms with Gasteiger partial charge in [0, 0.05) is 0 Å². The fourth-order valence-electron chi connectivity index (χ4n) is 2.20. The highest BCUT2D eigenvalue weighted by atomic mass is 16.3. The van der Waals surface area contributed by atoms with Gasteiger partial charge in [-0.25, -0.2) is 0 Å². The summed E-state index contributed by atoms with van der Waals surface area (Å²) in [5.41, 5.74) is 1.53. The van der Waals surface area contributed by atoms with Gasteiger partial charge < -0.3 is 5.11 Å². The van der Waals surface area contributed by atoms with Crippen LogP contribution in [0.4, 0.5) is 0 Å². The molecule has 17 heavy (non-hydrogen) atoms. The van der Waals surface area contributed by atoms with Crippen LogP contribution in [0.5, 0.6) is 5.75 Å². The Balaban J connectivity index is 3.05. The number of hydrogen-bond acceptors (Lipinski definition) is 2. The van der Waals surface area contributed by atoms with Gasteiger partial charge in [-0.15, -0.1) is 0 Å². The van der Waals surface area contributed by atoms with Gasteiger partial charge in [-0.3, -0.25) is 4.79 Å². The van der Waals surface area contributed by atoms with E-state index in [4.69, 9.17) is 0 Å². The Hall–Kier alpha value is -1.31. The minimum atomic E-state index is 0.0656. The summed E-state index contributed by atoms with van der Waals surface area (Å²) < 4.78 is 0. The number of rotatable bonds is 5. The van der Waals surface area contributed by atoms with Gasteiger partial charge in [0.1, 0.15) is 5.75 Å². The first-order valence-corrected chi connectivity index (χ1v) is 6.23. The molecule has 0 aliphatic rings. The molecule has 0 fully saturated rings. The first-order chi connectivity index (χ1) is 7.95. The normalized spacial score (nSPS) is 13.1. The van der Waals surface area contributed by atoms with Gasteiger partial charge in [0.15, 0.2) is 6.29 Å². The summed E-state index contributed by atoms with van der Waals surface area (Å²) in [5, 5.41) is 9.51. The van der Waals surface area contributed by atoms with Crippen LogP contribution in [0, 0.1) is 11.8 Å². The molecule has 0 aromatic heterocycles. The molecule has 1 unspecified atom stereocenters. The molecule has 2 nitrogen and oxygen atoms in total. The van der Waals surface area contributed by atoms with Crippen molar-refractivity contribution in [2.75, 3.05) is 0 Å². The minimum absolute atomic E-state index is 0.0656. The van der Waals surface area contributed by atoms with Crippen LogP contribution in [0.25, 0.3) is 0 Å². The van der Waals surface area contributed by atoms with E-state index in [1.165, 1.54) is 0 Å². The van der Waals surface area contributed by atoms with E-state index in [1.807, 2.05) is 12.1 Å². The number of benzene rings is 1. The summed E-state index contributed by atoms with van der Waals surface area (Å²) in [6.07, 6.45) is 1.81. The molecule has 0 aliphatic carbocycles. The monoisotopic (exact) mass is 234 g/mol. The molecule has 1 rings (SSSR count). The lowest BCUT2D eigenvalue weighted by Crippen LogP contribution is -2.10. The molecule has 0 saturated carbocycles. The molecule has 2 heteroatoms. The van der Waals surface area contributed by atoms with Crippen LogP contribution >= 0.6 is 0 Å². The van der Waals surface area contributed by atoms with E-state index in [2.05, 4.69) is 27.7 Å². The molecule has 0 bridgehead atoms. The van der Waals surface area contributed by atoms with Crippen molar-refractivity contribution in [3.63, 3.8) is 0 Å². The van der Waals surface area contributed by atoms with Crippen molar-refractivity contribution in [2.24, 2.45) is 11.8 Å². The van der Waals surface area contributed by atoms with Crippen LogP contribution < -0.4 is 0 Å². The number of hydrogen-bond donors (Lipinski definition) is 1. The molecule has 0 spiro atoms. The smallest absolute Gasteiger partial charge is 0.153 e. The van der Waals surface area contributed by atoms with Crippen LogP contribution in [0.1, 0.15) is 56.0 Å². The van der Waals surface area contributed by atoms with Crippen molar-refractivity contribution in [1.82, 2.24) is 0 Å². The maximum absolute atomic E-state index is 10.8. The van der Waals surface area contributed by atoms with Gasteiger partial charge in [-0.2, -0.15) is 0 Å². The predicted molar refractivity (Wildman–Crippen MR) is 70.5 cm³/mol. The fourth-order valence-corrected chi connectivity index (χ4v) is 2.20. The molecule has 1 aromatic carbocycles. The highest BCUT2D eigenvalue weighted by molar-refractivity contribution is 5.79. The number of phenols is 1. The summed E-state index contributed by atoms with van der Waals surface area (Å²) in [5.74, 6) is 1.66. The van der Waals surface area contributed by atoms with Crippen molar-refractivity contribution in [3.05, 3.63) is 29.3 Å². The highest BCUT2D eigenvalue weighted by Crippen LogP contribution is 2.32. The van der Waals surface area contributed by atoms with Crippen molar-refractivity contribution >= 4 is 6.29 Å². The standard InChI is InChI=1S/C15H22O2/c1-10(2)7-14(11(3)4)12-5-6-15(17)13(8-12)9-16/h5-6,8-11,14,17H,7H2,1-4H3. The van der Waals surface area contributed by atoms with Crippen molar-refractivity contribution in [2.45, 2.75) is 40.0 Å². The minimum Gasteiger partial charge on any atom is -0.507 e. The molecule has 1 N–H and O–H groups in total. The third-order valence-electron chi connectivity index (χ3n) is 3.14. The lowest BCUT2D eigenvalue weighted by atomic mass is 9.82. The summed E-state index contributed by atoms with van der Waals surface area (Å²) in [7, 11) is 0. The SMILES string of the molecule is CC(C)CC(c1ccc(O)c(C=O)c1)C(C)C. The van der Waals surface area contributed by atoms with Gasteiger partial charge in [0.25, 0.3) is 0 Å². The average molecular weight is 234 g/mol. The van der Waals surface area contributed by atoms with Crippen molar-refractivity contribution in [3.8, 4) is 5.75 Å². The second kappa shape index (κ2) is 5.85. The van der Waals surface area contributed by atoms with Gasteiger partial charge in [0.2, 0.25) is 0 Å². The zero-order chi connectivity index (χ0) is 13.0. The first kappa shape index (κ1) is 13.8. The maximum Gasteiger partial charge on any atom is 0.153 e. The Bertz CT molecular complexity index is 381. The zero-order valence-corrected chi connectivity index (χ0v) is 11.1. The van der Waals surface area contributed by atoms with Crippen LogP contribution in [0.15, 0.2) is 18.2 Å². The Morgan fingerprint density at radius 2 is 1.88 bits per heavy atom. The summed E-state index contributed by atoms with van der Waals surface area (Å²) in [6.45, 7) is 8.80. The molecule has 0 heterocycles. The van der Waals surface area contributed by atoms with E-state index in [1.54, 1.807) is 6.07 Å². The molecule has 0 saturated heterocycles. The molecule has 1 atom stereocenters. The molecule has 1 aromatic rings. The lowest BCUT2D eigenvalue weighted by Gasteiger charge is -2.23. The van der Waals surface area contributed by atoms with Crippen molar-refractivity contribution in [1.29, 1.82) is 0 Å². The highest BCUT2D eigenvalue weighted by Gasteiger charge is 2.18. The number of aromatic hydroxyl groups is 1. The predicted octanol–water partition coefficient (Wildman–Crippen LogP) is 3.99. The zero-order valence-electron chi connectivity index (χ0n) is 11.1. The molecular formula is C15H22O2. The number of phenolic OH excluding ortho intramolecular Hbond substituents is 1. The van der Waals surface area contributed by atoms with Gasteiger partial charge in [0.05, 0.1) is 5.56 Å². The Morgan fingerprint density at radius 3 is 2.35 bits per heavy atom. The molecular weight excluding hydrogens is 212 g/mol. The van der Waals surface area contributed by atoms with Crippen LogP contribution in [-0.2, 0) is 0 Å². The van der Waals surface area contributed by atoms with Gasteiger partial charge in [-0.1, -0.05) is 33.8 Å². The Kier molecular flexibility index (Phi) is 4.73. The van der Waals surface area contributed by atoms with E-state index in [9.17, 15) is 9.90 Å². The van der Waals surface area contributed by atoms with Gasteiger partial charge >= 0.3 is 0 Å². The van der Waals surface area contributed by atoms with Crippen molar-refractivity contribution < 1.29 is 9.90 Å². The van der Waals surface area contributed by atoms with Crippen LogP contribution in [0.3, 0.4) is 0 Å². The van der Waals surface area contributed by atoms with Crippen LogP contribution in [0.2, 0.25) is 0 Å². The molecule has 0 aliphatic heterocycles. The second-order valence-corrected chi connectivity index (χ2v) is 5.42. The lowest BCUT2D eigenvalue weighted by molar-refractivity contribution is 0.112. The summed E-state index contributed by atoms with van der Waals surface area (Å²) in [6, 6.07) is 5.36. The van der Waals surface area contributed by atoms with Crippen LogP contribution in [-0.4, -0.2) is 11.4 Å². The fraction of sp³-hybridized carbons (Fsp3) is 0.533. The quantitative estimate of drug-likeness (QED) is 0.782. The van der Waals surface area contributed by atoms with E-state index in [-0.39, 0.29) is 5.75 Å². The van der Waals surface area contributed by atoms with E-state index in [0.29, 0.717) is 29.6 Å². The van der Waals surface area contributed by atoms with E-state index >= 15 is 0 Å². The van der Waals surface area contributed by atoms with Gasteiger partial charge in [-0.05, 0) is 41.9 Å². The molecule has 0 amide bonds. The maximum atomic E-state index is 10.8. The number of carbonyl (C=O) groups excluding carboxylic acids is 1. The van der Waals surface area contributed by atoms with E-state index in [0.717, 1.165) is 12.0 Å². The third kappa shape index (κ3) is 3.58. The Labute approximate surface area is 104 Å². The Morgan fingerprint density at radius 1 is 1.24 bits per heavy atom. The molecule has 94 valence electrons. The largest absolute Gasteiger partial charge is 0.507 e. The van der Waals surface area contributed by atoms with E-state index < -0.39 is 0 Å². The first-order valence-electron chi connectivity index (χ1n) is 6.23. The molecule has 0 radical (unpaired) electrons. The third-order valence-corrected chi connectivity index (χ3v) is 3.14. The summed E-state index contributed by atoms with van der Waals surface area (Å²) in [4.78, 5) is 10.8.